The minimum atomic E-state index is 0.0822. The van der Waals surface area contributed by atoms with Crippen molar-refractivity contribution in [1.29, 1.82) is 5.26 Å². The zero-order valence-corrected chi connectivity index (χ0v) is 13.1. The van der Waals surface area contributed by atoms with Gasteiger partial charge in [-0.25, -0.2) is 0 Å². The fourth-order valence-corrected chi connectivity index (χ4v) is 2.57. The molecule has 0 radical (unpaired) electrons. The highest BCUT2D eigenvalue weighted by Crippen LogP contribution is 2.27. The van der Waals surface area contributed by atoms with Gasteiger partial charge in [-0.2, -0.15) is 5.26 Å². The van der Waals surface area contributed by atoms with Gasteiger partial charge in [-0.15, -0.1) is 0 Å². The summed E-state index contributed by atoms with van der Waals surface area (Å²) in [7, 11) is 0. The Morgan fingerprint density at radius 3 is 2.30 bits per heavy atom. The van der Waals surface area contributed by atoms with Crippen molar-refractivity contribution in [1.82, 2.24) is 4.90 Å². The van der Waals surface area contributed by atoms with Crippen LogP contribution in [0.4, 0.5) is 0 Å². The molecule has 0 saturated carbocycles. The first kappa shape index (κ1) is 16.7. The van der Waals surface area contributed by atoms with Gasteiger partial charge in [0.2, 0.25) is 0 Å². The summed E-state index contributed by atoms with van der Waals surface area (Å²) in [5.41, 5.74) is 8.88. The molecule has 3 heteroatoms. The maximum Gasteiger partial charge on any atom is 0.0635 e. The maximum absolute atomic E-state index is 8.87. The number of aryl methyl sites for hydroxylation is 1. The van der Waals surface area contributed by atoms with Crippen LogP contribution >= 0.6 is 0 Å². The molecule has 0 heterocycles. The maximum atomic E-state index is 8.87. The number of hydrogen-bond acceptors (Lipinski definition) is 3. The predicted octanol–water partition coefficient (Wildman–Crippen LogP) is 3.40. The number of rotatable bonds is 7. The normalized spacial score (nSPS) is 14.3. The summed E-state index contributed by atoms with van der Waals surface area (Å²) in [4.78, 5) is 2.35. The van der Waals surface area contributed by atoms with E-state index in [0.29, 0.717) is 12.5 Å². The van der Waals surface area contributed by atoms with Crippen molar-refractivity contribution in [3.63, 3.8) is 0 Å². The van der Waals surface area contributed by atoms with Crippen LogP contribution in [0.1, 0.15) is 50.8 Å². The average molecular weight is 273 g/mol. The molecule has 2 N–H and O–H groups in total. The molecule has 0 aliphatic rings. The Kier molecular flexibility index (Phi) is 6.70. The van der Waals surface area contributed by atoms with Gasteiger partial charge in [0.05, 0.1) is 12.1 Å². The summed E-state index contributed by atoms with van der Waals surface area (Å²) in [5.74, 6) is 0. The van der Waals surface area contributed by atoms with Crippen molar-refractivity contribution in [2.45, 2.75) is 58.7 Å². The van der Waals surface area contributed by atoms with Crippen LogP contribution in [0.15, 0.2) is 24.3 Å². The largest absolute Gasteiger partial charge is 0.326 e. The van der Waals surface area contributed by atoms with Crippen LogP contribution in [0.25, 0.3) is 0 Å². The molecule has 2 atom stereocenters. The lowest BCUT2D eigenvalue weighted by molar-refractivity contribution is 0.133. The summed E-state index contributed by atoms with van der Waals surface area (Å²) in [6.45, 7) is 9.31. The molecular formula is C17H27N3. The zero-order valence-electron chi connectivity index (χ0n) is 13.1. The minimum absolute atomic E-state index is 0.0822. The Hall–Kier alpha value is -1.37. The van der Waals surface area contributed by atoms with E-state index in [4.69, 9.17) is 11.0 Å². The standard InChI is InChI=1S/C17H27N3/c1-5-16(19)17(15-9-7-14(4)8-10-15)20(13(2)3)12-6-11-18/h7-10,13,16-17H,5-6,12,19H2,1-4H3. The van der Waals surface area contributed by atoms with Crippen LogP contribution < -0.4 is 5.73 Å². The number of nitrogens with zero attached hydrogens (tertiary/aromatic N) is 2. The van der Waals surface area contributed by atoms with Crippen LogP contribution in [0.5, 0.6) is 0 Å². The number of nitrogens with two attached hydrogens (primary N) is 1. The van der Waals surface area contributed by atoms with Crippen molar-refractivity contribution in [2.24, 2.45) is 5.73 Å². The van der Waals surface area contributed by atoms with Crippen LogP contribution in [0.2, 0.25) is 0 Å². The van der Waals surface area contributed by atoms with Gasteiger partial charge in [0.15, 0.2) is 0 Å². The third kappa shape index (κ3) is 4.33. The zero-order chi connectivity index (χ0) is 15.1. The van der Waals surface area contributed by atoms with Gasteiger partial charge in [-0.05, 0) is 32.8 Å². The molecule has 0 bridgehead atoms. The predicted molar refractivity (Wildman–Crippen MR) is 84.3 cm³/mol. The van der Waals surface area contributed by atoms with Crippen molar-refractivity contribution >= 4 is 0 Å². The van der Waals surface area contributed by atoms with E-state index < -0.39 is 0 Å². The summed E-state index contributed by atoms with van der Waals surface area (Å²) < 4.78 is 0. The van der Waals surface area contributed by atoms with Gasteiger partial charge in [0.1, 0.15) is 0 Å². The quantitative estimate of drug-likeness (QED) is 0.828. The Bertz CT molecular complexity index is 431. The molecule has 0 aromatic heterocycles. The first-order valence-electron chi connectivity index (χ1n) is 7.46. The van der Waals surface area contributed by atoms with Crippen LogP contribution in [-0.4, -0.2) is 23.5 Å². The first-order valence-corrected chi connectivity index (χ1v) is 7.46. The monoisotopic (exact) mass is 273 g/mol. The fourth-order valence-electron chi connectivity index (χ4n) is 2.57. The highest BCUT2D eigenvalue weighted by molar-refractivity contribution is 5.25. The first-order chi connectivity index (χ1) is 9.51. The molecule has 3 nitrogen and oxygen atoms in total. The number of benzene rings is 1. The average Bonchev–Trinajstić information content (AvgIpc) is 2.43. The van der Waals surface area contributed by atoms with Gasteiger partial charge < -0.3 is 5.73 Å². The SMILES string of the molecule is CCC(N)C(c1ccc(C)cc1)N(CCC#N)C(C)C. The second-order valence-electron chi connectivity index (χ2n) is 5.67. The van der Waals surface area contributed by atoms with Gasteiger partial charge in [0, 0.05) is 25.0 Å². The topological polar surface area (TPSA) is 53.0 Å². The van der Waals surface area contributed by atoms with Crippen LogP contribution in [-0.2, 0) is 0 Å². The lowest BCUT2D eigenvalue weighted by atomic mass is 9.94. The molecule has 1 aromatic rings. The van der Waals surface area contributed by atoms with Crippen molar-refractivity contribution in [3.8, 4) is 6.07 Å². The van der Waals surface area contributed by atoms with Crippen molar-refractivity contribution in [3.05, 3.63) is 35.4 Å². The third-order valence-corrected chi connectivity index (χ3v) is 3.80. The molecule has 0 spiro atoms. The van der Waals surface area contributed by atoms with Gasteiger partial charge >= 0.3 is 0 Å². The second-order valence-corrected chi connectivity index (χ2v) is 5.67. The van der Waals surface area contributed by atoms with E-state index in [2.05, 4.69) is 62.9 Å². The highest BCUT2D eigenvalue weighted by atomic mass is 15.2. The molecule has 20 heavy (non-hydrogen) atoms. The molecule has 2 unspecified atom stereocenters. The van der Waals surface area contributed by atoms with E-state index in [1.165, 1.54) is 11.1 Å². The van der Waals surface area contributed by atoms with Crippen molar-refractivity contribution in [2.75, 3.05) is 6.54 Å². The van der Waals surface area contributed by atoms with E-state index in [0.717, 1.165) is 13.0 Å². The molecule has 0 fully saturated rings. The number of nitriles is 1. The van der Waals surface area contributed by atoms with Gasteiger partial charge in [0.25, 0.3) is 0 Å². The summed E-state index contributed by atoms with van der Waals surface area (Å²) >= 11 is 0. The number of hydrogen-bond donors (Lipinski definition) is 1. The summed E-state index contributed by atoms with van der Waals surface area (Å²) in [5, 5.41) is 8.87. The summed E-state index contributed by atoms with van der Waals surface area (Å²) in [6.07, 6.45) is 1.46. The molecule has 1 rings (SSSR count). The van der Waals surface area contributed by atoms with E-state index in [-0.39, 0.29) is 12.1 Å². The molecule has 1 aromatic carbocycles. The van der Waals surface area contributed by atoms with Crippen molar-refractivity contribution < 1.29 is 0 Å². The molecule has 0 aliphatic carbocycles. The van der Waals surface area contributed by atoms with Crippen LogP contribution in [0.3, 0.4) is 0 Å². The second kappa shape index (κ2) is 8.04. The Morgan fingerprint density at radius 2 is 1.85 bits per heavy atom. The molecule has 110 valence electrons. The van der Waals surface area contributed by atoms with Crippen LogP contribution in [0, 0.1) is 18.3 Å². The molecule has 0 amide bonds. The Balaban J connectivity index is 3.09. The lowest BCUT2D eigenvalue weighted by Crippen LogP contribution is -2.44. The molecular weight excluding hydrogens is 246 g/mol. The van der Waals surface area contributed by atoms with Gasteiger partial charge in [-0.1, -0.05) is 36.8 Å². The third-order valence-electron chi connectivity index (χ3n) is 3.80. The lowest BCUT2D eigenvalue weighted by Gasteiger charge is -2.38. The molecule has 0 aliphatic heterocycles. The minimum Gasteiger partial charge on any atom is -0.326 e. The smallest absolute Gasteiger partial charge is 0.0635 e. The highest BCUT2D eigenvalue weighted by Gasteiger charge is 2.27. The van der Waals surface area contributed by atoms with E-state index in [9.17, 15) is 0 Å². The molecule has 0 saturated heterocycles. The summed E-state index contributed by atoms with van der Waals surface area (Å²) in [6, 6.07) is 11.5. The van der Waals surface area contributed by atoms with E-state index in [1.807, 2.05) is 0 Å². The van der Waals surface area contributed by atoms with E-state index >= 15 is 0 Å². The Labute approximate surface area is 123 Å². The Morgan fingerprint density at radius 1 is 1.25 bits per heavy atom. The van der Waals surface area contributed by atoms with Gasteiger partial charge in [-0.3, -0.25) is 4.90 Å². The van der Waals surface area contributed by atoms with E-state index in [1.54, 1.807) is 0 Å². The fraction of sp³-hybridized carbons (Fsp3) is 0.588.